The summed E-state index contributed by atoms with van der Waals surface area (Å²) in [6.45, 7) is 11.6. The minimum atomic E-state index is -3.58. The van der Waals surface area contributed by atoms with Crippen LogP contribution in [0.25, 0.3) is 0 Å². The largest absolute Gasteiger partial charge is 0.241 e. The van der Waals surface area contributed by atoms with E-state index in [1.807, 2.05) is 65.0 Å². The van der Waals surface area contributed by atoms with Crippen LogP contribution >= 0.6 is 0 Å². The first-order valence-electron chi connectivity index (χ1n) is 8.36. The fourth-order valence-corrected chi connectivity index (χ4v) is 4.83. The average molecular weight is 346 g/mol. The number of hydrogen-bond acceptors (Lipinski definition) is 2. The van der Waals surface area contributed by atoms with Crippen LogP contribution in [-0.2, 0) is 16.4 Å². The summed E-state index contributed by atoms with van der Waals surface area (Å²) in [5, 5.41) is 0. The Hall–Kier alpha value is -1.65. The topological polar surface area (TPSA) is 46.2 Å². The number of aryl methyl sites for hydroxylation is 3. The van der Waals surface area contributed by atoms with Crippen molar-refractivity contribution in [2.24, 2.45) is 0 Å². The van der Waals surface area contributed by atoms with E-state index in [4.69, 9.17) is 0 Å². The Morgan fingerprint density at radius 1 is 0.958 bits per heavy atom. The highest BCUT2D eigenvalue weighted by Gasteiger charge is 2.24. The Morgan fingerprint density at radius 3 is 1.92 bits per heavy atom. The lowest BCUT2D eigenvalue weighted by atomic mass is 10.0. The highest BCUT2D eigenvalue weighted by Crippen LogP contribution is 2.27. The summed E-state index contributed by atoms with van der Waals surface area (Å²) in [5.41, 5.74) is 5.85. The molecule has 3 nitrogen and oxygen atoms in total. The van der Waals surface area contributed by atoms with Gasteiger partial charge in [0.15, 0.2) is 0 Å². The van der Waals surface area contributed by atoms with E-state index in [1.165, 1.54) is 5.56 Å². The second-order valence-electron chi connectivity index (χ2n) is 6.53. The van der Waals surface area contributed by atoms with Gasteiger partial charge in [0, 0.05) is 6.04 Å². The molecule has 0 aromatic heterocycles. The first-order chi connectivity index (χ1) is 11.2. The molecule has 2 aromatic carbocycles. The van der Waals surface area contributed by atoms with Crippen molar-refractivity contribution in [3.05, 3.63) is 63.7 Å². The van der Waals surface area contributed by atoms with Crippen molar-refractivity contribution in [3.63, 3.8) is 0 Å². The van der Waals surface area contributed by atoms with Crippen molar-refractivity contribution in [3.8, 4) is 0 Å². The lowest BCUT2D eigenvalue weighted by Crippen LogP contribution is -2.28. The highest BCUT2D eigenvalue weighted by molar-refractivity contribution is 7.89. The minimum absolute atomic E-state index is 0.277. The Labute approximate surface area is 146 Å². The quantitative estimate of drug-likeness (QED) is 0.866. The van der Waals surface area contributed by atoms with Crippen LogP contribution in [0.2, 0.25) is 0 Å². The van der Waals surface area contributed by atoms with E-state index in [-0.39, 0.29) is 6.04 Å². The zero-order chi connectivity index (χ0) is 18.1. The lowest BCUT2D eigenvalue weighted by Gasteiger charge is -2.19. The first-order valence-corrected chi connectivity index (χ1v) is 9.84. The maximum atomic E-state index is 13.0. The Balaban J connectivity index is 2.38. The van der Waals surface area contributed by atoms with E-state index in [0.29, 0.717) is 4.90 Å². The van der Waals surface area contributed by atoms with Crippen molar-refractivity contribution >= 4 is 10.0 Å². The van der Waals surface area contributed by atoms with E-state index in [2.05, 4.69) is 11.6 Å². The summed E-state index contributed by atoms with van der Waals surface area (Å²) >= 11 is 0. The van der Waals surface area contributed by atoms with Crippen molar-refractivity contribution in [1.29, 1.82) is 0 Å². The van der Waals surface area contributed by atoms with Gasteiger partial charge in [0.1, 0.15) is 0 Å². The molecule has 2 aromatic rings. The van der Waals surface area contributed by atoms with Crippen LogP contribution in [0, 0.1) is 27.7 Å². The van der Waals surface area contributed by atoms with Gasteiger partial charge in [0.2, 0.25) is 10.0 Å². The summed E-state index contributed by atoms with van der Waals surface area (Å²) in [5.74, 6) is 0. The molecule has 0 radical (unpaired) electrons. The molecule has 130 valence electrons. The Bertz CT molecular complexity index is 811. The second-order valence-corrected chi connectivity index (χ2v) is 8.18. The monoisotopic (exact) mass is 345 g/mol. The molecular formula is C20H27NO2S. The Morgan fingerprint density at radius 2 is 1.46 bits per heavy atom. The summed E-state index contributed by atoms with van der Waals surface area (Å²) in [6.07, 6.45) is 0.974. The third kappa shape index (κ3) is 3.70. The maximum absolute atomic E-state index is 13.0. The van der Waals surface area contributed by atoms with Crippen LogP contribution < -0.4 is 4.72 Å². The molecule has 0 fully saturated rings. The van der Waals surface area contributed by atoms with E-state index >= 15 is 0 Å². The molecule has 1 unspecified atom stereocenters. The van der Waals surface area contributed by atoms with Gasteiger partial charge in [-0.25, -0.2) is 13.1 Å². The van der Waals surface area contributed by atoms with Gasteiger partial charge in [-0.3, -0.25) is 0 Å². The summed E-state index contributed by atoms with van der Waals surface area (Å²) in [7, 11) is -3.58. The lowest BCUT2D eigenvalue weighted by molar-refractivity contribution is 0.565. The summed E-state index contributed by atoms with van der Waals surface area (Å²) in [4.78, 5) is 0.414. The Kier molecular flexibility index (Phi) is 5.51. The van der Waals surface area contributed by atoms with Crippen molar-refractivity contribution in [2.45, 2.75) is 58.9 Å². The molecule has 0 aliphatic heterocycles. The zero-order valence-electron chi connectivity index (χ0n) is 15.4. The van der Waals surface area contributed by atoms with E-state index in [0.717, 1.165) is 34.2 Å². The fourth-order valence-electron chi connectivity index (χ4n) is 2.99. The molecular weight excluding hydrogens is 318 g/mol. The second kappa shape index (κ2) is 7.08. The standard InChI is InChI=1S/C20H27NO2S/c1-7-18-8-10-19(11-9-18)17(6)21-24(22,23)20-15(4)13(2)12-14(3)16(20)5/h8-12,17,21H,7H2,1-6H3. The van der Waals surface area contributed by atoms with Gasteiger partial charge < -0.3 is 0 Å². The molecule has 0 spiro atoms. The molecule has 24 heavy (non-hydrogen) atoms. The van der Waals surface area contributed by atoms with E-state index in [9.17, 15) is 8.42 Å². The van der Waals surface area contributed by atoms with Crippen LogP contribution in [0.4, 0.5) is 0 Å². The number of sulfonamides is 1. The molecule has 0 heterocycles. The zero-order valence-corrected chi connectivity index (χ0v) is 16.2. The van der Waals surface area contributed by atoms with Crippen LogP contribution in [0.1, 0.15) is 53.3 Å². The van der Waals surface area contributed by atoms with Gasteiger partial charge in [0.25, 0.3) is 0 Å². The van der Waals surface area contributed by atoms with Gasteiger partial charge in [0.05, 0.1) is 4.90 Å². The molecule has 2 rings (SSSR count). The van der Waals surface area contributed by atoms with E-state index in [1.54, 1.807) is 0 Å². The van der Waals surface area contributed by atoms with Gasteiger partial charge in [-0.15, -0.1) is 0 Å². The average Bonchev–Trinajstić information content (AvgIpc) is 2.52. The molecule has 1 N–H and O–H groups in total. The number of nitrogens with one attached hydrogen (secondary N) is 1. The molecule has 0 aliphatic rings. The molecule has 0 amide bonds. The van der Waals surface area contributed by atoms with Crippen LogP contribution in [0.15, 0.2) is 35.2 Å². The minimum Gasteiger partial charge on any atom is -0.207 e. The fraction of sp³-hybridized carbons (Fsp3) is 0.400. The van der Waals surface area contributed by atoms with Gasteiger partial charge in [-0.2, -0.15) is 0 Å². The van der Waals surface area contributed by atoms with E-state index < -0.39 is 10.0 Å². The summed E-state index contributed by atoms with van der Waals surface area (Å²) < 4.78 is 28.8. The first kappa shape index (κ1) is 18.7. The number of hydrogen-bond donors (Lipinski definition) is 1. The number of benzene rings is 2. The maximum Gasteiger partial charge on any atom is 0.241 e. The summed E-state index contributed by atoms with van der Waals surface area (Å²) in [6, 6.07) is 9.85. The van der Waals surface area contributed by atoms with Crippen LogP contribution in [-0.4, -0.2) is 8.42 Å². The molecule has 0 saturated heterocycles. The molecule has 4 heteroatoms. The van der Waals surface area contributed by atoms with Crippen LogP contribution in [0.3, 0.4) is 0 Å². The van der Waals surface area contributed by atoms with Gasteiger partial charge in [-0.05, 0) is 74.4 Å². The molecule has 0 aliphatic carbocycles. The third-order valence-electron chi connectivity index (χ3n) is 4.79. The van der Waals surface area contributed by atoms with Gasteiger partial charge in [-0.1, -0.05) is 37.3 Å². The van der Waals surface area contributed by atoms with Crippen molar-refractivity contribution in [1.82, 2.24) is 4.72 Å². The molecule has 0 bridgehead atoms. The van der Waals surface area contributed by atoms with Crippen LogP contribution in [0.5, 0.6) is 0 Å². The molecule has 1 atom stereocenters. The normalized spacial score (nSPS) is 13.1. The predicted molar refractivity (Wildman–Crippen MR) is 99.9 cm³/mol. The third-order valence-corrected chi connectivity index (χ3v) is 6.60. The molecule has 0 saturated carbocycles. The van der Waals surface area contributed by atoms with Gasteiger partial charge >= 0.3 is 0 Å². The predicted octanol–water partition coefficient (Wildman–Crippen LogP) is 4.52. The highest BCUT2D eigenvalue weighted by atomic mass is 32.2. The SMILES string of the molecule is CCc1ccc(C(C)NS(=O)(=O)c2c(C)c(C)cc(C)c2C)cc1. The number of rotatable bonds is 5. The van der Waals surface area contributed by atoms with Crippen molar-refractivity contribution < 1.29 is 8.42 Å². The smallest absolute Gasteiger partial charge is 0.207 e. The van der Waals surface area contributed by atoms with Crippen molar-refractivity contribution in [2.75, 3.05) is 0 Å².